The quantitative estimate of drug-likeness (QED) is 0.615. The lowest BCUT2D eigenvalue weighted by molar-refractivity contribution is -0.138. The Labute approximate surface area is 201 Å². The number of nitrogens with zero attached hydrogens (tertiary/aromatic N) is 3. The highest BCUT2D eigenvalue weighted by molar-refractivity contribution is 7.89. The number of aromatic nitrogens is 1. The Morgan fingerprint density at radius 1 is 1.12 bits per heavy atom. The molecule has 3 heterocycles. The first-order valence-electron chi connectivity index (χ1n) is 11.9. The van der Waals surface area contributed by atoms with Crippen LogP contribution in [0, 0.1) is 18.8 Å². The molecule has 2 saturated heterocycles. The molecule has 0 bridgehead atoms. The summed E-state index contributed by atoms with van der Waals surface area (Å²) >= 11 is 0. The van der Waals surface area contributed by atoms with Crippen molar-refractivity contribution in [2.75, 3.05) is 33.3 Å². The molecule has 0 unspecified atom stereocenters. The molecule has 184 valence electrons. The molecule has 2 aromatic rings. The van der Waals surface area contributed by atoms with Crippen molar-refractivity contribution < 1.29 is 22.5 Å². The van der Waals surface area contributed by atoms with Crippen LogP contribution in [-0.4, -0.2) is 62.0 Å². The summed E-state index contributed by atoms with van der Waals surface area (Å²) in [4.78, 5) is 15.0. The maximum absolute atomic E-state index is 13.5. The summed E-state index contributed by atoms with van der Waals surface area (Å²) in [5.74, 6) is 1.62. The molecule has 0 aliphatic carbocycles. The molecule has 4 rings (SSSR count). The number of sulfonamides is 1. The van der Waals surface area contributed by atoms with Crippen molar-refractivity contribution in [3.8, 4) is 5.75 Å². The number of amides is 1. The van der Waals surface area contributed by atoms with Crippen LogP contribution >= 0.6 is 0 Å². The van der Waals surface area contributed by atoms with Gasteiger partial charge in [0.15, 0.2) is 10.7 Å². The van der Waals surface area contributed by atoms with Crippen molar-refractivity contribution >= 4 is 28.1 Å². The third-order valence-corrected chi connectivity index (χ3v) is 8.91. The summed E-state index contributed by atoms with van der Waals surface area (Å²) < 4.78 is 39.0. The lowest BCUT2D eigenvalue weighted by atomic mass is 9.93. The Bertz CT molecular complexity index is 1140. The topological polar surface area (TPSA) is 93.0 Å². The number of hydrogen-bond acceptors (Lipinski definition) is 6. The van der Waals surface area contributed by atoms with Crippen molar-refractivity contribution in [2.45, 2.75) is 44.4 Å². The molecule has 8 nitrogen and oxygen atoms in total. The van der Waals surface area contributed by atoms with Gasteiger partial charge < -0.3 is 14.2 Å². The zero-order valence-corrected chi connectivity index (χ0v) is 20.9. The summed E-state index contributed by atoms with van der Waals surface area (Å²) in [6.45, 7) is 6.09. The van der Waals surface area contributed by atoms with Gasteiger partial charge in [-0.05, 0) is 62.3 Å². The fraction of sp³-hybridized carbons (Fsp3) is 0.520. The van der Waals surface area contributed by atoms with E-state index in [4.69, 9.17) is 9.26 Å². The third kappa shape index (κ3) is 5.20. The number of ether oxygens (including phenoxy) is 1. The van der Waals surface area contributed by atoms with Crippen LogP contribution < -0.4 is 4.74 Å². The first-order chi connectivity index (χ1) is 16.3. The van der Waals surface area contributed by atoms with E-state index in [-0.39, 0.29) is 22.5 Å². The smallest absolute Gasteiger partial charge is 0.248 e. The normalized spacial score (nSPS) is 19.1. The van der Waals surface area contributed by atoms with Crippen LogP contribution in [0.1, 0.15) is 49.6 Å². The number of methoxy groups -OCH3 is 1. The minimum absolute atomic E-state index is 0.0847. The molecule has 2 fully saturated rings. The number of carbonyl (C=O) groups excluding carboxylic acids is 1. The molecule has 34 heavy (non-hydrogen) atoms. The maximum atomic E-state index is 13.5. The second-order valence-corrected chi connectivity index (χ2v) is 11.1. The summed E-state index contributed by atoms with van der Waals surface area (Å²) in [6, 6.07) is 7.43. The Morgan fingerprint density at radius 2 is 1.82 bits per heavy atom. The molecule has 0 atom stereocenters. The van der Waals surface area contributed by atoms with E-state index in [1.807, 2.05) is 29.2 Å². The van der Waals surface area contributed by atoms with Crippen LogP contribution in [0.3, 0.4) is 0 Å². The molecule has 0 radical (unpaired) electrons. The monoisotopic (exact) mass is 487 g/mol. The number of aryl methyl sites for hydroxylation is 1. The molecule has 1 amide bonds. The Hall–Kier alpha value is -2.65. The van der Waals surface area contributed by atoms with E-state index in [9.17, 15) is 13.2 Å². The van der Waals surface area contributed by atoms with Gasteiger partial charge in [-0.3, -0.25) is 4.79 Å². The first-order valence-corrected chi connectivity index (χ1v) is 13.3. The van der Waals surface area contributed by atoms with Gasteiger partial charge in [0.05, 0.1) is 7.11 Å². The summed E-state index contributed by atoms with van der Waals surface area (Å²) in [5, 5.41) is 3.92. The fourth-order valence-corrected chi connectivity index (χ4v) is 6.40. The van der Waals surface area contributed by atoms with Crippen molar-refractivity contribution in [3.05, 3.63) is 41.3 Å². The van der Waals surface area contributed by atoms with E-state index >= 15 is 0 Å². The molecule has 2 aliphatic heterocycles. The van der Waals surface area contributed by atoms with Gasteiger partial charge in [0.2, 0.25) is 15.9 Å². The maximum Gasteiger partial charge on any atom is 0.248 e. The standard InChI is InChI=1S/C25H33N3O5S/c1-18-9-13-27(14-10-18)25(29)21-11-15-28(16-12-21)34(30,31)24-19(2)26-33-23(24)8-7-20-5-4-6-22(17-20)32-3/h4-8,17-18,21H,9-16H2,1-3H3/b8-7+. The Balaban J connectivity index is 1.45. The zero-order valence-electron chi connectivity index (χ0n) is 20.1. The van der Waals surface area contributed by atoms with Crippen LogP contribution in [0.5, 0.6) is 5.75 Å². The zero-order chi connectivity index (χ0) is 24.3. The van der Waals surface area contributed by atoms with E-state index in [2.05, 4.69) is 12.1 Å². The van der Waals surface area contributed by atoms with Gasteiger partial charge >= 0.3 is 0 Å². The number of rotatable bonds is 6. The predicted molar refractivity (Wildman–Crippen MR) is 130 cm³/mol. The number of carbonyl (C=O) groups is 1. The summed E-state index contributed by atoms with van der Waals surface area (Å²) in [5.41, 5.74) is 1.18. The minimum Gasteiger partial charge on any atom is -0.497 e. The molecule has 2 aliphatic rings. The highest BCUT2D eigenvalue weighted by atomic mass is 32.2. The Morgan fingerprint density at radius 3 is 2.50 bits per heavy atom. The van der Waals surface area contributed by atoms with E-state index in [0.717, 1.165) is 31.5 Å². The van der Waals surface area contributed by atoms with Crippen molar-refractivity contribution in [1.82, 2.24) is 14.4 Å². The van der Waals surface area contributed by atoms with Gasteiger partial charge in [-0.25, -0.2) is 8.42 Å². The van der Waals surface area contributed by atoms with E-state index < -0.39 is 10.0 Å². The Kier molecular flexibility index (Phi) is 7.42. The minimum atomic E-state index is -3.80. The van der Waals surface area contributed by atoms with E-state index in [1.165, 1.54) is 4.31 Å². The number of likely N-dealkylation sites (tertiary alicyclic amines) is 1. The van der Waals surface area contributed by atoms with Gasteiger partial charge in [-0.1, -0.05) is 30.3 Å². The largest absolute Gasteiger partial charge is 0.497 e. The van der Waals surface area contributed by atoms with Crippen LogP contribution in [0.2, 0.25) is 0 Å². The average molecular weight is 488 g/mol. The van der Waals surface area contributed by atoms with Gasteiger partial charge in [0, 0.05) is 32.1 Å². The number of benzene rings is 1. The van der Waals surface area contributed by atoms with Gasteiger partial charge in [0.25, 0.3) is 0 Å². The van der Waals surface area contributed by atoms with Crippen molar-refractivity contribution in [3.63, 3.8) is 0 Å². The van der Waals surface area contributed by atoms with Gasteiger partial charge in [-0.2, -0.15) is 4.31 Å². The van der Waals surface area contributed by atoms with Crippen LogP contribution in [0.4, 0.5) is 0 Å². The van der Waals surface area contributed by atoms with Crippen LogP contribution in [0.25, 0.3) is 12.2 Å². The first kappa shape index (κ1) is 24.5. The SMILES string of the molecule is COc1cccc(/C=C/c2onc(C)c2S(=O)(=O)N2CCC(C(=O)N3CCC(C)CC3)CC2)c1. The second-order valence-electron chi connectivity index (χ2n) is 9.26. The summed E-state index contributed by atoms with van der Waals surface area (Å²) in [6.07, 6.45) is 6.53. The molecule has 0 saturated carbocycles. The van der Waals surface area contributed by atoms with Crippen LogP contribution in [0.15, 0.2) is 33.7 Å². The van der Waals surface area contributed by atoms with Crippen molar-refractivity contribution in [1.29, 1.82) is 0 Å². The predicted octanol–water partition coefficient (Wildman–Crippen LogP) is 3.82. The van der Waals surface area contributed by atoms with Gasteiger partial charge in [0.1, 0.15) is 11.4 Å². The third-order valence-electron chi connectivity index (χ3n) is 6.85. The molecule has 1 aromatic carbocycles. The molecular formula is C25H33N3O5S. The van der Waals surface area contributed by atoms with E-state index in [0.29, 0.717) is 43.3 Å². The van der Waals surface area contributed by atoms with Gasteiger partial charge in [-0.15, -0.1) is 0 Å². The molecule has 0 N–H and O–H groups in total. The fourth-order valence-electron chi connectivity index (χ4n) is 4.68. The summed E-state index contributed by atoms with van der Waals surface area (Å²) in [7, 11) is -2.21. The molecule has 1 aromatic heterocycles. The molecular weight excluding hydrogens is 454 g/mol. The van der Waals surface area contributed by atoms with Crippen molar-refractivity contribution in [2.24, 2.45) is 11.8 Å². The highest BCUT2D eigenvalue weighted by Gasteiger charge is 2.37. The average Bonchev–Trinajstić information content (AvgIpc) is 3.24. The molecule has 9 heteroatoms. The molecule has 0 spiro atoms. The lowest BCUT2D eigenvalue weighted by Crippen LogP contribution is -2.46. The number of hydrogen-bond donors (Lipinski definition) is 0. The highest BCUT2D eigenvalue weighted by Crippen LogP contribution is 2.30. The second kappa shape index (κ2) is 10.3. The van der Waals surface area contributed by atoms with E-state index in [1.54, 1.807) is 26.2 Å². The lowest BCUT2D eigenvalue weighted by Gasteiger charge is -2.36. The number of piperidine rings is 2. The van der Waals surface area contributed by atoms with Crippen LogP contribution in [-0.2, 0) is 14.8 Å².